The maximum atomic E-state index is 13.0. The Morgan fingerprint density at radius 2 is 2.13 bits per heavy atom. The Kier molecular flexibility index (Phi) is 2.50. The van der Waals surface area contributed by atoms with Crippen molar-refractivity contribution in [3.63, 3.8) is 0 Å². The van der Waals surface area contributed by atoms with Crippen molar-refractivity contribution in [1.29, 1.82) is 0 Å². The zero-order chi connectivity index (χ0) is 10.8. The van der Waals surface area contributed by atoms with Crippen molar-refractivity contribution in [1.82, 2.24) is 4.98 Å². The average Bonchev–Trinajstić information content (AvgIpc) is 2.16. The minimum Gasteiger partial charge on any atom is -0.260 e. The van der Waals surface area contributed by atoms with Gasteiger partial charge in [0.15, 0.2) is 0 Å². The lowest BCUT2D eigenvalue weighted by Crippen LogP contribution is -1.90. The van der Waals surface area contributed by atoms with E-state index in [4.69, 9.17) is 0 Å². The van der Waals surface area contributed by atoms with Crippen LogP contribution in [0.1, 0.15) is 12.6 Å². The van der Waals surface area contributed by atoms with Gasteiger partial charge in [0, 0.05) is 23.7 Å². The number of allylic oxidation sites excluding steroid dienone is 1. The first kappa shape index (κ1) is 9.84. The fraction of sp³-hybridized carbons (Fsp3) is 0.154. The lowest BCUT2D eigenvalue weighted by molar-refractivity contribution is 0.629. The number of fused-ring (bicyclic) bond motifs is 1. The molecule has 1 aromatic carbocycles. The number of pyridine rings is 1. The molecule has 0 aliphatic rings. The van der Waals surface area contributed by atoms with Crippen LogP contribution >= 0.6 is 0 Å². The smallest absolute Gasteiger partial charge is 0.123 e. The molecule has 0 saturated carbocycles. The van der Waals surface area contributed by atoms with E-state index in [1.54, 1.807) is 12.3 Å². The van der Waals surface area contributed by atoms with Crippen molar-refractivity contribution >= 4 is 10.8 Å². The summed E-state index contributed by atoms with van der Waals surface area (Å²) in [4.78, 5) is 4.29. The third-order valence-electron chi connectivity index (χ3n) is 2.22. The lowest BCUT2D eigenvalue weighted by Gasteiger charge is -2.02. The molecule has 0 amide bonds. The van der Waals surface area contributed by atoms with E-state index in [0.29, 0.717) is 0 Å². The average molecular weight is 201 g/mol. The van der Waals surface area contributed by atoms with E-state index in [0.717, 1.165) is 28.5 Å². The van der Waals surface area contributed by atoms with E-state index in [1.165, 1.54) is 12.1 Å². The molecule has 1 aromatic heterocycles. The maximum Gasteiger partial charge on any atom is 0.123 e. The van der Waals surface area contributed by atoms with Gasteiger partial charge in [0.25, 0.3) is 0 Å². The topological polar surface area (TPSA) is 12.9 Å². The van der Waals surface area contributed by atoms with E-state index in [-0.39, 0.29) is 5.82 Å². The molecule has 0 spiro atoms. The summed E-state index contributed by atoms with van der Waals surface area (Å²) >= 11 is 0. The number of nitrogens with zero attached hydrogens (tertiary/aromatic N) is 1. The van der Waals surface area contributed by atoms with Gasteiger partial charge in [-0.2, -0.15) is 0 Å². The molecule has 2 heteroatoms. The van der Waals surface area contributed by atoms with Crippen molar-refractivity contribution in [3.05, 3.63) is 54.1 Å². The van der Waals surface area contributed by atoms with E-state index in [9.17, 15) is 4.39 Å². The molecule has 0 saturated heterocycles. The largest absolute Gasteiger partial charge is 0.260 e. The van der Waals surface area contributed by atoms with Crippen molar-refractivity contribution in [2.24, 2.45) is 0 Å². The van der Waals surface area contributed by atoms with E-state index >= 15 is 0 Å². The molecular formula is C13H12FN. The number of aromatic nitrogens is 1. The first-order valence-electron chi connectivity index (χ1n) is 4.84. The van der Waals surface area contributed by atoms with E-state index in [2.05, 4.69) is 11.6 Å². The highest BCUT2D eigenvalue weighted by Gasteiger charge is 1.99. The number of hydrogen-bond donors (Lipinski definition) is 0. The van der Waals surface area contributed by atoms with Crippen LogP contribution in [-0.4, -0.2) is 4.98 Å². The molecule has 15 heavy (non-hydrogen) atoms. The Morgan fingerprint density at radius 3 is 2.87 bits per heavy atom. The highest BCUT2D eigenvalue weighted by molar-refractivity contribution is 5.81. The van der Waals surface area contributed by atoms with Gasteiger partial charge in [0.1, 0.15) is 5.82 Å². The molecule has 1 nitrogen and oxygen atoms in total. The zero-order valence-corrected chi connectivity index (χ0v) is 8.63. The molecule has 0 fully saturated rings. The quantitative estimate of drug-likeness (QED) is 0.678. The molecule has 0 bridgehead atoms. The van der Waals surface area contributed by atoms with Gasteiger partial charge in [-0.05, 0) is 36.6 Å². The van der Waals surface area contributed by atoms with E-state index in [1.807, 2.05) is 13.0 Å². The third-order valence-corrected chi connectivity index (χ3v) is 2.22. The Morgan fingerprint density at radius 1 is 1.33 bits per heavy atom. The second-order valence-electron chi connectivity index (χ2n) is 3.80. The van der Waals surface area contributed by atoms with Gasteiger partial charge < -0.3 is 0 Å². The molecule has 1 heterocycles. The molecule has 2 rings (SSSR count). The van der Waals surface area contributed by atoms with Gasteiger partial charge >= 0.3 is 0 Å². The van der Waals surface area contributed by atoms with Crippen molar-refractivity contribution < 1.29 is 4.39 Å². The highest BCUT2D eigenvalue weighted by atomic mass is 19.1. The second-order valence-corrected chi connectivity index (χ2v) is 3.80. The molecule has 0 atom stereocenters. The summed E-state index contributed by atoms with van der Waals surface area (Å²) in [5, 5.41) is 1.85. The molecule has 0 aliphatic carbocycles. The monoisotopic (exact) mass is 201 g/mol. The van der Waals surface area contributed by atoms with Gasteiger partial charge in [0.05, 0.1) is 0 Å². The van der Waals surface area contributed by atoms with Crippen LogP contribution in [0.3, 0.4) is 0 Å². The van der Waals surface area contributed by atoms with Crippen LogP contribution in [0, 0.1) is 5.82 Å². The predicted octanol–water partition coefficient (Wildman–Crippen LogP) is 3.49. The van der Waals surface area contributed by atoms with Gasteiger partial charge in [0.2, 0.25) is 0 Å². The van der Waals surface area contributed by atoms with Gasteiger partial charge in [-0.3, -0.25) is 4.98 Å². The molecule has 0 N–H and O–H groups in total. The molecule has 0 unspecified atom stereocenters. The minimum absolute atomic E-state index is 0.213. The van der Waals surface area contributed by atoms with Crippen LogP contribution in [0.25, 0.3) is 10.8 Å². The van der Waals surface area contributed by atoms with Crippen molar-refractivity contribution in [3.8, 4) is 0 Å². The molecule has 76 valence electrons. The maximum absolute atomic E-state index is 13.0. The second kappa shape index (κ2) is 3.81. The molecular weight excluding hydrogens is 189 g/mol. The Balaban J connectivity index is 2.49. The summed E-state index contributed by atoms with van der Waals surface area (Å²) in [7, 11) is 0. The first-order valence-corrected chi connectivity index (χ1v) is 4.84. The number of benzene rings is 1. The van der Waals surface area contributed by atoms with Crippen LogP contribution in [0.2, 0.25) is 0 Å². The Labute approximate surface area is 88.3 Å². The fourth-order valence-electron chi connectivity index (χ4n) is 1.56. The number of hydrogen-bond acceptors (Lipinski definition) is 1. The summed E-state index contributed by atoms with van der Waals surface area (Å²) in [6, 6.07) is 6.62. The predicted molar refractivity (Wildman–Crippen MR) is 60.2 cm³/mol. The van der Waals surface area contributed by atoms with E-state index < -0.39 is 0 Å². The van der Waals surface area contributed by atoms with Crippen molar-refractivity contribution in [2.45, 2.75) is 13.3 Å². The summed E-state index contributed by atoms with van der Waals surface area (Å²) in [5.74, 6) is -0.213. The summed E-state index contributed by atoms with van der Waals surface area (Å²) < 4.78 is 13.0. The van der Waals surface area contributed by atoms with Gasteiger partial charge in [-0.1, -0.05) is 12.2 Å². The standard InChI is InChI=1S/C13H12FN/c1-9(2)5-13-7-11-6-12(14)4-3-10(11)8-15-13/h3-4,6-8H,1,5H2,2H3. The van der Waals surface area contributed by atoms with Crippen LogP contribution in [0.5, 0.6) is 0 Å². The highest BCUT2D eigenvalue weighted by Crippen LogP contribution is 2.16. The Hall–Kier alpha value is -1.70. The fourth-order valence-corrected chi connectivity index (χ4v) is 1.56. The lowest BCUT2D eigenvalue weighted by atomic mass is 10.1. The molecule has 0 aliphatic heterocycles. The molecule has 2 aromatic rings. The van der Waals surface area contributed by atoms with Crippen LogP contribution in [0.4, 0.5) is 4.39 Å². The van der Waals surface area contributed by atoms with Crippen LogP contribution in [0.15, 0.2) is 42.6 Å². The van der Waals surface area contributed by atoms with Gasteiger partial charge in [-0.15, -0.1) is 0 Å². The van der Waals surface area contributed by atoms with Crippen LogP contribution in [-0.2, 0) is 6.42 Å². The summed E-state index contributed by atoms with van der Waals surface area (Å²) in [6.45, 7) is 5.79. The number of rotatable bonds is 2. The van der Waals surface area contributed by atoms with Crippen LogP contribution < -0.4 is 0 Å². The first-order chi connectivity index (χ1) is 7.15. The third kappa shape index (κ3) is 2.21. The summed E-state index contributed by atoms with van der Waals surface area (Å²) in [6.07, 6.45) is 2.51. The zero-order valence-electron chi connectivity index (χ0n) is 8.63. The Bertz CT molecular complexity index is 517. The van der Waals surface area contributed by atoms with Gasteiger partial charge in [-0.25, -0.2) is 4.39 Å². The molecule has 0 radical (unpaired) electrons. The minimum atomic E-state index is -0.213. The normalized spacial score (nSPS) is 10.5. The SMILES string of the molecule is C=C(C)Cc1cc2cc(F)ccc2cn1. The number of halogens is 1. The van der Waals surface area contributed by atoms with Crippen molar-refractivity contribution in [2.75, 3.05) is 0 Å². The summed E-state index contributed by atoms with van der Waals surface area (Å²) in [5.41, 5.74) is 1.99.